The van der Waals surface area contributed by atoms with Crippen LogP contribution >= 0.6 is 0 Å². The fourth-order valence-corrected chi connectivity index (χ4v) is 4.25. The molecule has 2 aromatic rings. The normalized spacial score (nSPS) is 24.7. The van der Waals surface area contributed by atoms with Crippen LogP contribution in [0.1, 0.15) is 42.8 Å². The summed E-state index contributed by atoms with van der Waals surface area (Å²) in [7, 11) is 0. The lowest BCUT2D eigenvalue weighted by Crippen LogP contribution is -2.45. The number of ether oxygens (including phenoxy) is 1. The molecule has 4 rings (SSSR count). The highest BCUT2D eigenvalue weighted by atomic mass is 16.5. The minimum atomic E-state index is -0.876. The summed E-state index contributed by atoms with van der Waals surface area (Å²) in [5, 5.41) is 9.98. The third-order valence-electron chi connectivity index (χ3n) is 5.66. The Morgan fingerprint density at radius 1 is 1.46 bits per heavy atom. The van der Waals surface area contributed by atoms with Crippen molar-refractivity contribution in [3.8, 4) is 5.75 Å². The number of nitrogens with zero attached hydrogens (tertiary/aromatic N) is 2. The highest BCUT2D eigenvalue weighted by Crippen LogP contribution is 2.49. The smallest absolute Gasteiger partial charge is 0.315 e. The van der Waals surface area contributed by atoms with E-state index in [1.807, 2.05) is 30.5 Å². The van der Waals surface area contributed by atoms with Gasteiger partial charge in [-0.15, -0.1) is 0 Å². The van der Waals surface area contributed by atoms with Crippen molar-refractivity contribution < 1.29 is 14.6 Å². The number of para-hydroxylation sites is 1. The Morgan fingerprint density at radius 3 is 3.12 bits per heavy atom. The number of unbranched alkanes of at least 4 members (excludes halogenated alkanes) is 1. The number of imidazole rings is 1. The van der Waals surface area contributed by atoms with Crippen LogP contribution in [0.3, 0.4) is 0 Å². The minimum absolute atomic E-state index is 0.0487. The van der Waals surface area contributed by atoms with Crippen molar-refractivity contribution in [3.63, 3.8) is 0 Å². The van der Waals surface area contributed by atoms with E-state index in [0.717, 1.165) is 48.6 Å². The van der Waals surface area contributed by atoms with Gasteiger partial charge in [0.25, 0.3) is 0 Å². The number of rotatable bonds is 6. The van der Waals surface area contributed by atoms with E-state index in [0.29, 0.717) is 13.1 Å². The van der Waals surface area contributed by atoms with Gasteiger partial charge in [0, 0.05) is 43.9 Å². The maximum atomic E-state index is 12.2. The number of aryl methyl sites for hydroxylation is 1. The number of carboxylic acids is 1. The molecule has 2 aliphatic heterocycles. The molecule has 1 aromatic heterocycles. The van der Waals surface area contributed by atoms with Crippen LogP contribution in [0.4, 0.5) is 0 Å². The molecule has 0 spiro atoms. The van der Waals surface area contributed by atoms with Gasteiger partial charge in [-0.2, -0.15) is 0 Å². The number of hydrogen-bond donors (Lipinski definition) is 2. The molecule has 0 amide bonds. The van der Waals surface area contributed by atoms with Crippen molar-refractivity contribution in [2.75, 3.05) is 19.7 Å². The van der Waals surface area contributed by atoms with E-state index in [1.165, 1.54) is 0 Å². The maximum absolute atomic E-state index is 12.2. The summed E-state index contributed by atoms with van der Waals surface area (Å²) in [5.74, 6) is 1.01. The predicted octanol–water partition coefficient (Wildman–Crippen LogP) is 2.82. The zero-order chi connectivity index (χ0) is 18.1. The van der Waals surface area contributed by atoms with Gasteiger partial charge in [0.2, 0.25) is 0 Å². The van der Waals surface area contributed by atoms with E-state index in [2.05, 4.69) is 21.8 Å². The Kier molecular flexibility index (Phi) is 4.44. The summed E-state index contributed by atoms with van der Waals surface area (Å²) in [6.45, 7) is 4.29. The van der Waals surface area contributed by atoms with E-state index in [9.17, 15) is 9.90 Å². The van der Waals surface area contributed by atoms with Crippen LogP contribution < -0.4 is 4.74 Å². The third-order valence-corrected chi connectivity index (χ3v) is 5.66. The van der Waals surface area contributed by atoms with Crippen molar-refractivity contribution in [2.24, 2.45) is 5.41 Å². The van der Waals surface area contributed by atoms with E-state index in [1.54, 1.807) is 0 Å². The number of carbonyl (C=O) groups is 1. The maximum Gasteiger partial charge on any atom is 0.315 e. The molecular formula is C20H25N3O3. The van der Waals surface area contributed by atoms with Crippen molar-refractivity contribution in [1.29, 1.82) is 0 Å². The standard InChI is InChI=1S/C20H25N3O3/c1-2-3-8-18-21-9-14(22-18)10-23-11-16-15-6-4-5-7-17(15)26-13-20(16,12-23)19(24)25/h4-7,9,16H,2-3,8,10-13H2,1H3,(H,21,22)(H,24,25)/t16-,20-/m1/s1. The number of hydrogen-bond acceptors (Lipinski definition) is 4. The van der Waals surface area contributed by atoms with Crippen LogP contribution in [-0.2, 0) is 17.8 Å². The van der Waals surface area contributed by atoms with E-state index in [-0.39, 0.29) is 12.5 Å². The highest BCUT2D eigenvalue weighted by Gasteiger charge is 2.56. The molecule has 1 aromatic carbocycles. The van der Waals surface area contributed by atoms with Gasteiger partial charge in [0.05, 0.1) is 0 Å². The van der Waals surface area contributed by atoms with Crippen LogP contribution in [-0.4, -0.2) is 45.6 Å². The zero-order valence-electron chi connectivity index (χ0n) is 15.1. The van der Waals surface area contributed by atoms with Gasteiger partial charge in [0.1, 0.15) is 23.6 Å². The zero-order valence-corrected chi connectivity index (χ0v) is 15.1. The van der Waals surface area contributed by atoms with Gasteiger partial charge in [-0.25, -0.2) is 4.98 Å². The molecule has 0 unspecified atom stereocenters. The first-order valence-electron chi connectivity index (χ1n) is 9.32. The second kappa shape index (κ2) is 6.76. The van der Waals surface area contributed by atoms with Crippen LogP contribution in [0.25, 0.3) is 0 Å². The van der Waals surface area contributed by atoms with Gasteiger partial charge in [0.15, 0.2) is 0 Å². The Morgan fingerprint density at radius 2 is 2.31 bits per heavy atom. The number of carboxylic acid groups (broad SMARTS) is 1. The minimum Gasteiger partial charge on any atom is -0.492 e. The number of aromatic nitrogens is 2. The molecule has 2 atom stereocenters. The lowest BCUT2D eigenvalue weighted by atomic mass is 9.73. The second-order valence-corrected chi connectivity index (χ2v) is 7.47. The lowest BCUT2D eigenvalue weighted by Gasteiger charge is -2.35. The van der Waals surface area contributed by atoms with Gasteiger partial charge in [-0.05, 0) is 18.1 Å². The highest BCUT2D eigenvalue weighted by molar-refractivity contribution is 5.78. The lowest BCUT2D eigenvalue weighted by molar-refractivity contribution is -0.151. The molecule has 26 heavy (non-hydrogen) atoms. The summed E-state index contributed by atoms with van der Waals surface area (Å²) < 4.78 is 5.82. The molecule has 0 bridgehead atoms. The van der Waals surface area contributed by atoms with Gasteiger partial charge >= 0.3 is 5.97 Å². The monoisotopic (exact) mass is 355 g/mol. The molecule has 3 heterocycles. The van der Waals surface area contributed by atoms with Crippen molar-refractivity contribution in [2.45, 2.75) is 38.6 Å². The fraction of sp³-hybridized carbons (Fsp3) is 0.500. The summed E-state index contributed by atoms with van der Waals surface area (Å²) in [4.78, 5) is 22.2. The Bertz CT molecular complexity index is 803. The predicted molar refractivity (Wildman–Crippen MR) is 97.2 cm³/mol. The average Bonchev–Trinajstić information content (AvgIpc) is 3.25. The largest absolute Gasteiger partial charge is 0.492 e. The van der Waals surface area contributed by atoms with Crippen LogP contribution in [0, 0.1) is 5.41 Å². The first-order valence-corrected chi connectivity index (χ1v) is 9.32. The molecule has 138 valence electrons. The van der Waals surface area contributed by atoms with E-state index in [4.69, 9.17) is 4.74 Å². The number of aliphatic carboxylic acids is 1. The van der Waals surface area contributed by atoms with E-state index < -0.39 is 11.4 Å². The van der Waals surface area contributed by atoms with Crippen LogP contribution in [0.5, 0.6) is 5.75 Å². The van der Waals surface area contributed by atoms with Crippen molar-refractivity contribution >= 4 is 5.97 Å². The van der Waals surface area contributed by atoms with Gasteiger partial charge < -0.3 is 14.8 Å². The Labute approximate surface area is 153 Å². The summed E-state index contributed by atoms with van der Waals surface area (Å²) in [6.07, 6.45) is 5.10. The van der Waals surface area contributed by atoms with Crippen molar-refractivity contribution in [1.82, 2.24) is 14.9 Å². The molecule has 1 saturated heterocycles. The summed E-state index contributed by atoms with van der Waals surface area (Å²) in [6, 6.07) is 7.82. The molecular weight excluding hydrogens is 330 g/mol. The third kappa shape index (κ3) is 2.88. The van der Waals surface area contributed by atoms with E-state index >= 15 is 0 Å². The average molecular weight is 355 g/mol. The molecule has 0 radical (unpaired) electrons. The number of benzene rings is 1. The number of likely N-dealkylation sites (tertiary alicyclic amines) is 1. The molecule has 6 heteroatoms. The molecule has 1 fully saturated rings. The number of fused-ring (bicyclic) bond motifs is 3. The van der Waals surface area contributed by atoms with Gasteiger partial charge in [-0.1, -0.05) is 31.5 Å². The first kappa shape index (κ1) is 17.1. The SMILES string of the molecule is CCCCc1ncc(CN2C[C@@H]3c4ccccc4OC[C@]3(C(=O)O)C2)[nH]1. The molecule has 6 nitrogen and oxygen atoms in total. The number of H-pyrrole nitrogens is 1. The fourth-order valence-electron chi connectivity index (χ4n) is 4.25. The molecule has 0 saturated carbocycles. The topological polar surface area (TPSA) is 78.5 Å². The quantitative estimate of drug-likeness (QED) is 0.833. The van der Waals surface area contributed by atoms with Crippen LogP contribution in [0.15, 0.2) is 30.5 Å². The molecule has 2 aliphatic rings. The van der Waals surface area contributed by atoms with Gasteiger partial charge in [-0.3, -0.25) is 9.69 Å². The van der Waals surface area contributed by atoms with Crippen LogP contribution in [0.2, 0.25) is 0 Å². The van der Waals surface area contributed by atoms with Crippen molar-refractivity contribution in [3.05, 3.63) is 47.5 Å². The summed E-state index contributed by atoms with van der Waals surface area (Å²) >= 11 is 0. The number of nitrogens with one attached hydrogen (secondary N) is 1. The summed E-state index contributed by atoms with van der Waals surface area (Å²) in [5.41, 5.74) is 1.18. The first-order chi connectivity index (χ1) is 12.6. The second-order valence-electron chi connectivity index (χ2n) is 7.47. The molecule has 2 N–H and O–H groups in total. The molecule has 0 aliphatic carbocycles. The Hall–Kier alpha value is -2.34. The Balaban J connectivity index is 1.54. The number of aromatic amines is 1.